The lowest BCUT2D eigenvalue weighted by Crippen LogP contribution is -2.28. The van der Waals surface area contributed by atoms with Gasteiger partial charge in [0.15, 0.2) is 0 Å². The molecular weight excluding hydrogens is 294 g/mol. The predicted octanol–water partition coefficient (Wildman–Crippen LogP) is 2.56. The van der Waals surface area contributed by atoms with Crippen molar-refractivity contribution in [1.82, 2.24) is 10.3 Å². The number of rotatable bonds is 4. The van der Waals surface area contributed by atoms with Gasteiger partial charge in [0.05, 0.1) is 5.69 Å². The van der Waals surface area contributed by atoms with Crippen LogP contribution in [0.3, 0.4) is 0 Å². The molecule has 0 spiro atoms. The van der Waals surface area contributed by atoms with E-state index in [9.17, 15) is 4.79 Å². The van der Waals surface area contributed by atoms with E-state index < -0.39 is 0 Å². The summed E-state index contributed by atoms with van der Waals surface area (Å²) in [4.78, 5) is 15.9. The standard InChI is InChI=1S/C13H18BrN3O/c14-13-11(2-1-7-16-13)17-12(18)4-3-10-5-8-15-9-6-10/h1-2,7,10,15H,3-6,8-9H2,(H,17,18). The van der Waals surface area contributed by atoms with E-state index in [-0.39, 0.29) is 5.91 Å². The zero-order valence-electron chi connectivity index (χ0n) is 10.3. The molecule has 0 bridgehead atoms. The summed E-state index contributed by atoms with van der Waals surface area (Å²) >= 11 is 3.32. The van der Waals surface area contributed by atoms with E-state index in [1.807, 2.05) is 12.1 Å². The summed E-state index contributed by atoms with van der Waals surface area (Å²) in [6.45, 7) is 2.17. The number of carbonyl (C=O) groups is 1. The molecule has 0 unspecified atom stereocenters. The van der Waals surface area contributed by atoms with Gasteiger partial charge in [0.2, 0.25) is 5.91 Å². The van der Waals surface area contributed by atoms with Gasteiger partial charge in [0.1, 0.15) is 4.60 Å². The van der Waals surface area contributed by atoms with Crippen molar-refractivity contribution < 1.29 is 4.79 Å². The maximum Gasteiger partial charge on any atom is 0.224 e. The molecule has 5 heteroatoms. The van der Waals surface area contributed by atoms with Crippen LogP contribution in [0.15, 0.2) is 22.9 Å². The fourth-order valence-corrected chi connectivity index (χ4v) is 2.55. The van der Waals surface area contributed by atoms with Gasteiger partial charge in [-0.3, -0.25) is 4.79 Å². The van der Waals surface area contributed by atoms with Crippen LogP contribution in [0.4, 0.5) is 5.69 Å². The first-order valence-electron chi connectivity index (χ1n) is 6.37. The van der Waals surface area contributed by atoms with Crippen molar-refractivity contribution in [3.63, 3.8) is 0 Å². The van der Waals surface area contributed by atoms with E-state index in [1.54, 1.807) is 6.20 Å². The van der Waals surface area contributed by atoms with Crippen molar-refractivity contribution >= 4 is 27.5 Å². The highest BCUT2D eigenvalue weighted by Gasteiger charge is 2.14. The highest BCUT2D eigenvalue weighted by Crippen LogP contribution is 2.20. The van der Waals surface area contributed by atoms with Gasteiger partial charge in [0.25, 0.3) is 0 Å². The van der Waals surface area contributed by atoms with Crippen LogP contribution in [0, 0.1) is 5.92 Å². The molecule has 2 rings (SSSR count). The van der Waals surface area contributed by atoms with Crippen LogP contribution in [0.2, 0.25) is 0 Å². The largest absolute Gasteiger partial charge is 0.324 e. The first-order valence-corrected chi connectivity index (χ1v) is 7.16. The number of piperidine rings is 1. The van der Waals surface area contributed by atoms with E-state index >= 15 is 0 Å². The van der Waals surface area contributed by atoms with Gasteiger partial charge >= 0.3 is 0 Å². The molecule has 0 aliphatic carbocycles. The second-order valence-electron chi connectivity index (χ2n) is 4.62. The first-order chi connectivity index (χ1) is 8.75. The topological polar surface area (TPSA) is 54.0 Å². The molecule has 2 N–H and O–H groups in total. The molecule has 0 saturated carbocycles. The lowest BCUT2D eigenvalue weighted by atomic mass is 9.93. The molecule has 1 amide bonds. The third kappa shape index (κ3) is 4.07. The van der Waals surface area contributed by atoms with E-state index in [4.69, 9.17) is 0 Å². The molecule has 4 nitrogen and oxygen atoms in total. The van der Waals surface area contributed by atoms with E-state index in [1.165, 1.54) is 12.8 Å². The van der Waals surface area contributed by atoms with Crippen molar-refractivity contribution in [2.24, 2.45) is 5.92 Å². The monoisotopic (exact) mass is 311 g/mol. The Kier molecular flexibility index (Phi) is 5.13. The lowest BCUT2D eigenvalue weighted by molar-refractivity contribution is -0.116. The lowest BCUT2D eigenvalue weighted by Gasteiger charge is -2.22. The van der Waals surface area contributed by atoms with Crippen LogP contribution < -0.4 is 10.6 Å². The quantitative estimate of drug-likeness (QED) is 0.840. The van der Waals surface area contributed by atoms with Crippen molar-refractivity contribution in [2.45, 2.75) is 25.7 Å². The van der Waals surface area contributed by atoms with E-state index in [0.717, 1.165) is 25.2 Å². The molecule has 1 aliphatic heterocycles. The molecule has 1 saturated heterocycles. The Bertz CT molecular complexity index is 405. The SMILES string of the molecule is O=C(CCC1CCNCC1)Nc1cccnc1Br. The summed E-state index contributed by atoms with van der Waals surface area (Å²) < 4.78 is 0.681. The van der Waals surface area contributed by atoms with Crippen molar-refractivity contribution in [2.75, 3.05) is 18.4 Å². The Balaban J connectivity index is 1.76. The van der Waals surface area contributed by atoms with Crippen LogP contribution in [-0.4, -0.2) is 24.0 Å². The van der Waals surface area contributed by atoms with E-state index in [0.29, 0.717) is 16.9 Å². The molecule has 1 aliphatic rings. The number of amides is 1. The Hall–Kier alpha value is -0.940. The normalized spacial score (nSPS) is 16.5. The average molecular weight is 312 g/mol. The number of hydrogen-bond donors (Lipinski definition) is 2. The van der Waals surface area contributed by atoms with Gasteiger partial charge in [-0.05, 0) is 66.3 Å². The van der Waals surface area contributed by atoms with Crippen LogP contribution in [0.5, 0.6) is 0 Å². The Morgan fingerprint density at radius 1 is 1.50 bits per heavy atom. The van der Waals surface area contributed by atoms with Gasteiger partial charge in [-0.2, -0.15) is 0 Å². The Morgan fingerprint density at radius 3 is 3.00 bits per heavy atom. The minimum atomic E-state index is 0.0715. The average Bonchev–Trinajstić information content (AvgIpc) is 2.40. The summed E-state index contributed by atoms with van der Waals surface area (Å²) in [6.07, 6.45) is 5.62. The first kappa shape index (κ1) is 13.5. The number of nitrogens with zero attached hydrogens (tertiary/aromatic N) is 1. The maximum atomic E-state index is 11.8. The molecule has 18 heavy (non-hydrogen) atoms. The van der Waals surface area contributed by atoms with Gasteiger partial charge in [0, 0.05) is 12.6 Å². The number of anilines is 1. The molecular formula is C13H18BrN3O. The highest BCUT2D eigenvalue weighted by molar-refractivity contribution is 9.10. The smallest absolute Gasteiger partial charge is 0.224 e. The third-order valence-electron chi connectivity index (χ3n) is 3.27. The number of nitrogens with one attached hydrogen (secondary N) is 2. The summed E-state index contributed by atoms with van der Waals surface area (Å²) in [5.41, 5.74) is 0.743. The molecule has 98 valence electrons. The second-order valence-corrected chi connectivity index (χ2v) is 5.37. The number of carbonyl (C=O) groups excluding carboxylic acids is 1. The van der Waals surface area contributed by atoms with Gasteiger partial charge < -0.3 is 10.6 Å². The minimum Gasteiger partial charge on any atom is -0.324 e. The predicted molar refractivity (Wildman–Crippen MR) is 75.4 cm³/mol. The van der Waals surface area contributed by atoms with Gasteiger partial charge in [-0.25, -0.2) is 4.98 Å². The number of pyridine rings is 1. The molecule has 0 aromatic carbocycles. The minimum absolute atomic E-state index is 0.0715. The molecule has 0 radical (unpaired) electrons. The van der Waals surface area contributed by atoms with E-state index in [2.05, 4.69) is 31.5 Å². The van der Waals surface area contributed by atoms with Crippen molar-refractivity contribution in [1.29, 1.82) is 0 Å². The highest BCUT2D eigenvalue weighted by atomic mass is 79.9. The summed E-state index contributed by atoms with van der Waals surface area (Å²) in [5.74, 6) is 0.761. The summed E-state index contributed by atoms with van der Waals surface area (Å²) in [6, 6.07) is 3.66. The Morgan fingerprint density at radius 2 is 2.28 bits per heavy atom. The van der Waals surface area contributed by atoms with Crippen molar-refractivity contribution in [3.05, 3.63) is 22.9 Å². The Labute approximate surface area is 116 Å². The molecule has 1 aromatic rings. The summed E-state index contributed by atoms with van der Waals surface area (Å²) in [7, 11) is 0. The third-order valence-corrected chi connectivity index (χ3v) is 3.90. The van der Waals surface area contributed by atoms with Crippen molar-refractivity contribution in [3.8, 4) is 0 Å². The molecule has 1 fully saturated rings. The fraction of sp³-hybridized carbons (Fsp3) is 0.538. The second kappa shape index (κ2) is 6.85. The van der Waals surface area contributed by atoms with Gasteiger partial charge in [-0.15, -0.1) is 0 Å². The van der Waals surface area contributed by atoms with Crippen LogP contribution in [0.1, 0.15) is 25.7 Å². The maximum absolute atomic E-state index is 11.8. The van der Waals surface area contributed by atoms with Gasteiger partial charge in [-0.1, -0.05) is 0 Å². The zero-order valence-corrected chi connectivity index (χ0v) is 11.9. The molecule has 2 heterocycles. The molecule has 1 aromatic heterocycles. The van der Waals surface area contributed by atoms with Crippen LogP contribution in [-0.2, 0) is 4.79 Å². The van der Waals surface area contributed by atoms with Crippen LogP contribution in [0.25, 0.3) is 0 Å². The van der Waals surface area contributed by atoms with Crippen LogP contribution >= 0.6 is 15.9 Å². The molecule has 0 atom stereocenters. The number of hydrogen-bond acceptors (Lipinski definition) is 3. The zero-order chi connectivity index (χ0) is 12.8. The summed E-state index contributed by atoms with van der Waals surface area (Å²) in [5, 5.41) is 6.22. The fourth-order valence-electron chi connectivity index (χ4n) is 2.20. The number of halogens is 1. The number of aromatic nitrogens is 1.